The molecule has 0 aliphatic carbocycles. The summed E-state index contributed by atoms with van der Waals surface area (Å²) in [6.07, 6.45) is 4.73. The number of carbonyl (C=O) groups is 1. The predicted molar refractivity (Wildman–Crippen MR) is 83.4 cm³/mol. The molecule has 0 unspecified atom stereocenters. The van der Waals surface area contributed by atoms with E-state index in [4.69, 9.17) is 5.26 Å². The second kappa shape index (κ2) is 5.23. The molecule has 1 amide bonds. The molecule has 4 heterocycles. The monoisotopic (exact) mass is 311 g/mol. The van der Waals surface area contributed by atoms with Gasteiger partial charge in [-0.3, -0.25) is 9.69 Å². The van der Waals surface area contributed by atoms with E-state index in [9.17, 15) is 4.79 Å². The summed E-state index contributed by atoms with van der Waals surface area (Å²) in [6.45, 7) is 2.36. The first-order valence-corrected chi connectivity index (χ1v) is 7.92. The van der Waals surface area contributed by atoms with Gasteiger partial charge in [-0.2, -0.15) is 5.26 Å². The average Bonchev–Trinajstić information content (AvgIpc) is 3.03. The second-order valence-corrected chi connectivity index (χ2v) is 6.36. The number of likely N-dealkylation sites (tertiary alicyclic amines) is 1. The number of anilines is 1. The van der Waals surface area contributed by atoms with Gasteiger partial charge in [0.2, 0.25) is 23.7 Å². The Labute approximate surface area is 134 Å². The van der Waals surface area contributed by atoms with Gasteiger partial charge in [0.05, 0.1) is 32.2 Å². The van der Waals surface area contributed by atoms with Crippen LogP contribution in [0.5, 0.6) is 0 Å². The zero-order valence-corrected chi connectivity index (χ0v) is 13.1. The lowest BCUT2D eigenvalue weighted by molar-refractivity contribution is -0.698. The summed E-state index contributed by atoms with van der Waals surface area (Å²) in [5.41, 5.74) is 0.884. The third-order valence-corrected chi connectivity index (χ3v) is 5.13. The minimum atomic E-state index is -0.0562. The van der Waals surface area contributed by atoms with Gasteiger partial charge < -0.3 is 9.88 Å². The predicted octanol–water partition coefficient (Wildman–Crippen LogP) is 0.431. The Balaban J connectivity index is 1.68. The number of nitrogens with one attached hydrogen (secondary N) is 1. The summed E-state index contributed by atoms with van der Waals surface area (Å²) < 4.78 is 2.21. The molecular formula is C16H19N6O+. The highest BCUT2D eigenvalue weighted by molar-refractivity contribution is 5.86. The molecular weight excluding hydrogens is 292 g/mol. The summed E-state index contributed by atoms with van der Waals surface area (Å²) in [6, 6.07) is 4.30. The molecule has 7 nitrogen and oxygen atoms in total. The molecule has 2 aromatic heterocycles. The van der Waals surface area contributed by atoms with E-state index in [0.29, 0.717) is 12.5 Å². The van der Waals surface area contributed by atoms with Gasteiger partial charge in [0.15, 0.2) is 0 Å². The van der Waals surface area contributed by atoms with E-state index < -0.39 is 0 Å². The fourth-order valence-electron chi connectivity index (χ4n) is 3.96. The van der Waals surface area contributed by atoms with E-state index in [0.717, 1.165) is 36.4 Å². The SMILES string of the molecule is CN1c2c3cc[nH]c3nc[n+]2C[C@@H]2CCN(C(=O)CC#N)C[C@@H]21. The first-order valence-electron chi connectivity index (χ1n) is 7.92. The zero-order valence-electron chi connectivity index (χ0n) is 13.1. The van der Waals surface area contributed by atoms with Gasteiger partial charge in [-0.05, 0) is 12.5 Å². The molecule has 0 spiro atoms. The zero-order chi connectivity index (χ0) is 16.0. The fourth-order valence-corrected chi connectivity index (χ4v) is 3.96. The summed E-state index contributed by atoms with van der Waals surface area (Å²) >= 11 is 0. The normalized spacial score (nSPS) is 23.3. The third-order valence-electron chi connectivity index (χ3n) is 5.13. The molecule has 23 heavy (non-hydrogen) atoms. The van der Waals surface area contributed by atoms with Crippen LogP contribution in [-0.2, 0) is 11.3 Å². The largest absolute Gasteiger partial charge is 0.338 e. The quantitative estimate of drug-likeness (QED) is 0.775. The van der Waals surface area contributed by atoms with Crippen molar-refractivity contribution in [3.8, 4) is 6.07 Å². The first kappa shape index (κ1) is 14.0. The lowest BCUT2D eigenvalue weighted by Crippen LogP contribution is -2.63. The Morgan fingerprint density at radius 3 is 3.30 bits per heavy atom. The molecule has 0 saturated carbocycles. The minimum Gasteiger partial charge on any atom is -0.338 e. The highest BCUT2D eigenvalue weighted by Gasteiger charge is 2.42. The van der Waals surface area contributed by atoms with Crippen molar-refractivity contribution >= 4 is 22.8 Å². The smallest absolute Gasteiger partial charge is 0.236 e. The van der Waals surface area contributed by atoms with Gasteiger partial charge in [-0.1, -0.05) is 4.98 Å². The molecule has 0 bridgehead atoms. The Hall–Kier alpha value is -2.62. The van der Waals surface area contributed by atoms with Gasteiger partial charge in [-0.15, -0.1) is 0 Å². The van der Waals surface area contributed by atoms with Crippen LogP contribution in [-0.4, -0.2) is 47.0 Å². The van der Waals surface area contributed by atoms with Gasteiger partial charge in [0.25, 0.3) is 0 Å². The highest BCUT2D eigenvalue weighted by atomic mass is 16.2. The van der Waals surface area contributed by atoms with Crippen molar-refractivity contribution in [3.05, 3.63) is 18.6 Å². The van der Waals surface area contributed by atoms with E-state index in [-0.39, 0.29) is 18.4 Å². The Bertz CT molecular complexity index is 806. The summed E-state index contributed by atoms with van der Waals surface area (Å²) in [4.78, 5) is 23.8. The van der Waals surface area contributed by atoms with Gasteiger partial charge in [0, 0.05) is 18.7 Å². The van der Waals surface area contributed by atoms with Crippen LogP contribution in [0, 0.1) is 17.2 Å². The minimum absolute atomic E-state index is 0.0294. The highest BCUT2D eigenvalue weighted by Crippen LogP contribution is 2.32. The first-order chi connectivity index (χ1) is 11.2. The number of fused-ring (bicyclic) bond motifs is 4. The lowest BCUT2D eigenvalue weighted by Gasteiger charge is -2.44. The maximum Gasteiger partial charge on any atom is 0.236 e. The summed E-state index contributed by atoms with van der Waals surface area (Å²) in [5, 5.41) is 9.86. The van der Waals surface area contributed by atoms with Gasteiger partial charge >= 0.3 is 0 Å². The molecule has 2 atom stereocenters. The van der Waals surface area contributed by atoms with Crippen LogP contribution < -0.4 is 9.47 Å². The van der Waals surface area contributed by atoms with Crippen molar-refractivity contribution in [1.82, 2.24) is 14.9 Å². The average molecular weight is 311 g/mol. The number of carbonyl (C=O) groups excluding carboxylic acids is 1. The lowest BCUT2D eigenvalue weighted by atomic mass is 9.88. The van der Waals surface area contributed by atoms with Crippen LogP contribution in [0.15, 0.2) is 18.6 Å². The number of nitriles is 1. The second-order valence-electron chi connectivity index (χ2n) is 6.36. The van der Waals surface area contributed by atoms with Crippen molar-refractivity contribution < 1.29 is 9.36 Å². The summed E-state index contributed by atoms with van der Waals surface area (Å²) in [7, 11) is 2.09. The van der Waals surface area contributed by atoms with Crippen molar-refractivity contribution in [2.75, 3.05) is 25.0 Å². The van der Waals surface area contributed by atoms with E-state index in [1.807, 2.05) is 29.6 Å². The van der Waals surface area contributed by atoms with Crippen molar-refractivity contribution in [2.24, 2.45) is 5.92 Å². The molecule has 2 aliphatic heterocycles. The number of amides is 1. The van der Waals surface area contributed by atoms with Gasteiger partial charge in [-0.25, -0.2) is 4.57 Å². The Morgan fingerprint density at radius 2 is 2.48 bits per heavy atom. The van der Waals surface area contributed by atoms with E-state index in [1.165, 1.54) is 0 Å². The number of aromatic nitrogens is 3. The molecule has 1 fully saturated rings. The van der Waals surface area contributed by atoms with Crippen molar-refractivity contribution in [3.63, 3.8) is 0 Å². The molecule has 7 heteroatoms. The molecule has 2 aromatic rings. The number of aromatic amines is 1. The van der Waals surface area contributed by atoms with Gasteiger partial charge in [0.1, 0.15) is 11.8 Å². The van der Waals surface area contributed by atoms with E-state index >= 15 is 0 Å². The molecule has 118 valence electrons. The number of nitrogens with zero attached hydrogens (tertiary/aromatic N) is 5. The van der Waals surface area contributed by atoms with Crippen LogP contribution in [0.4, 0.5) is 5.82 Å². The topological polar surface area (TPSA) is 79.9 Å². The van der Waals surface area contributed by atoms with E-state index in [1.54, 1.807) is 0 Å². The molecule has 0 radical (unpaired) electrons. The maximum absolute atomic E-state index is 12.1. The van der Waals surface area contributed by atoms with Crippen molar-refractivity contribution in [2.45, 2.75) is 25.4 Å². The third kappa shape index (κ3) is 2.13. The summed E-state index contributed by atoms with van der Waals surface area (Å²) in [5.74, 6) is 1.59. The van der Waals surface area contributed by atoms with Crippen LogP contribution in [0.1, 0.15) is 12.8 Å². The number of hydrogen-bond donors (Lipinski definition) is 1. The number of H-pyrrole nitrogens is 1. The molecule has 0 aromatic carbocycles. The Kier molecular flexibility index (Phi) is 3.18. The molecule has 4 rings (SSSR count). The molecule has 1 saturated heterocycles. The number of rotatable bonds is 1. The fraction of sp³-hybridized carbons (Fsp3) is 0.500. The van der Waals surface area contributed by atoms with Crippen molar-refractivity contribution in [1.29, 1.82) is 5.26 Å². The number of piperidine rings is 1. The molecule has 2 aliphatic rings. The van der Waals surface area contributed by atoms with Crippen LogP contribution >= 0.6 is 0 Å². The Morgan fingerprint density at radius 1 is 1.61 bits per heavy atom. The number of likely N-dealkylation sites (N-methyl/N-ethyl adjacent to an activating group) is 1. The van der Waals surface area contributed by atoms with Crippen LogP contribution in [0.25, 0.3) is 11.0 Å². The standard InChI is InChI=1S/C16H18N6O/c1-20-13-9-21(14(23)2-5-17)7-4-11(13)8-22-10-19-15-12(16(20)22)3-6-18-15/h3,6,10-11,13H,2,4,7-9H2,1H3/p+1/t11-,13-/m0/s1. The van der Waals surface area contributed by atoms with E-state index in [2.05, 4.69) is 26.5 Å². The number of hydrogen-bond acceptors (Lipinski definition) is 4. The molecule has 1 N–H and O–H groups in total. The van der Waals surface area contributed by atoms with Crippen LogP contribution in [0.3, 0.4) is 0 Å². The van der Waals surface area contributed by atoms with Crippen LogP contribution in [0.2, 0.25) is 0 Å². The maximum atomic E-state index is 12.1.